The molecule has 2 aromatic carbocycles. The molecular weight excluding hydrogens is 358 g/mol. The van der Waals surface area contributed by atoms with Gasteiger partial charge < -0.3 is 14.6 Å². The third-order valence-electron chi connectivity index (χ3n) is 4.39. The van der Waals surface area contributed by atoms with Gasteiger partial charge in [-0.15, -0.1) is 5.10 Å². The van der Waals surface area contributed by atoms with Crippen molar-refractivity contribution in [3.05, 3.63) is 65.0 Å². The fourth-order valence-electron chi connectivity index (χ4n) is 2.85. The minimum atomic E-state index is -0.531. The van der Waals surface area contributed by atoms with Crippen LogP contribution in [0.4, 0.5) is 6.01 Å². The number of hydrogen-bond donors (Lipinski definition) is 3. The maximum Gasteiger partial charge on any atom is 0.322 e. The van der Waals surface area contributed by atoms with E-state index in [0.717, 1.165) is 18.1 Å². The molecule has 1 unspecified atom stereocenters. The first kappa shape index (κ1) is 19.4. The molecule has 1 aromatic heterocycles. The number of carbonyl (C=O) groups excluding carboxylic acids is 1. The van der Waals surface area contributed by atoms with Crippen molar-refractivity contribution in [1.82, 2.24) is 10.2 Å². The molecule has 3 aromatic rings. The zero-order valence-corrected chi connectivity index (χ0v) is 16.0. The number of rotatable bonds is 6. The third-order valence-corrected chi connectivity index (χ3v) is 4.39. The highest BCUT2D eigenvalue weighted by Gasteiger charge is 2.18. The number of hydrogen-bond acceptors (Lipinski definition) is 6. The van der Waals surface area contributed by atoms with Gasteiger partial charge in [-0.05, 0) is 48.6 Å². The molecule has 3 rings (SSSR count). The number of benzene rings is 2. The van der Waals surface area contributed by atoms with Crippen molar-refractivity contribution in [2.24, 2.45) is 5.92 Å². The van der Waals surface area contributed by atoms with E-state index >= 15 is 0 Å². The Kier molecular flexibility index (Phi) is 5.63. The first-order valence-corrected chi connectivity index (χ1v) is 9.09. The number of phenols is 2. The fraction of sp³-hybridized carbons (Fsp3) is 0.286. The molecule has 0 aliphatic heterocycles. The molecule has 0 saturated heterocycles. The van der Waals surface area contributed by atoms with E-state index < -0.39 is 5.91 Å². The van der Waals surface area contributed by atoms with Gasteiger partial charge in [0.15, 0.2) is 11.5 Å². The highest BCUT2D eigenvalue weighted by atomic mass is 16.4. The van der Waals surface area contributed by atoms with E-state index in [2.05, 4.69) is 41.5 Å². The number of phenolic OH excluding ortho intramolecular Hbond substituents is 2. The Morgan fingerprint density at radius 3 is 2.39 bits per heavy atom. The molecule has 0 saturated carbocycles. The summed E-state index contributed by atoms with van der Waals surface area (Å²) in [7, 11) is 0. The summed E-state index contributed by atoms with van der Waals surface area (Å²) in [6.07, 6.45) is 1.03. The zero-order chi connectivity index (χ0) is 20.3. The lowest BCUT2D eigenvalue weighted by atomic mass is 9.97. The van der Waals surface area contributed by atoms with E-state index in [1.165, 1.54) is 17.7 Å². The molecule has 1 heterocycles. The van der Waals surface area contributed by atoms with Gasteiger partial charge in [0.1, 0.15) is 0 Å². The normalized spacial score (nSPS) is 12.1. The van der Waals surface area contributed by atoms with Crippen LogP contribution in [-0.2, 0) is 6.42 Å². The zero-order valence-electron chi connectivity index (χ0n) is 16.0. The minimum Gasteiger partial charge on any atom is -0.504 e. The first-order chi connectivity index (χ1) is 13.3. The monoisotopic (exact) mass is 381 g/mol. The van der Waals surface area contributed by atoms with Gasteiger partial charge in [-0.3, -0.25) is 10.1 Å². The Hall–Kier alpha value is -3.35. The van der Waals surface area contributed by atoms with Gasteiger partial charge in [0.25, 0.3) is 5.91 Å². The summed E-state index contributed by atoms with van der Waals surface area (Å²) >= 11 is 0. The van der Waals surface area contributed by atoms with Crippen LogP contribution in [0.1, 0.15) is 54.1 Å². The molecule has 7 nitrogen and oxygen atoms in total. The van der Waals surface area contributed by atoms with Crippen LogP contribution < -0.4 is 5.32 Å². The highest BCUT2D eigenvalue weighted by Crippen LogP contribution is 2.27. The molecule has 0 bridgehead atoms. The second-order valence-electron chi connectivity index (χ2n) is 7.16. The summed E-state index contributed by atoms with van der Waals surface area (Å²) in [5.41, 5.74) is 2.47. The third kappa shape index (κ3) is 4.49. The molecule has 0 fully saturated rings. The molecule has 146 valence electrons. The second-order valence-corrected chi connectivity index (χ2v) is 7.16. The largest absolute Gasteiger partial charge is 0.504 e. The van der Waals surface area contributed by atoms with Crippen LogP contribution in [0, 0.1) is 5.92 Å². The number of aromatic hydroxyl groups is 2. The molecule has 0 spiro atoms. The molecular formula is C21H23N3O4. The molecule has 7 heteroatoms. The average molecular weight is 381 g/mol. The molecule has 28 heavy (non-hydrogen) atoms. The van der Waals surface area contributed by atoms with Gasteiger partial charge >= 0.3 is 6.01 Å². The van der Waals surface area contributed by atoms with Crippen LogP contribution in [0.5, 0.6) is 11.5 Å². The average Bonchev–Trinajstić information content (AvgIpc) is 3.12. The lowest BCUT2D eigenvalue weighted by Gasteiger charge is -2.09. The van der Waals surface area contributed by atoms with E-state index in [-0.39, 0.29) is 29.0 Å². The van der Waals surface area contributed by atoms with Crippen molar-refractivity contribution in [3.63, 3.8) is 0 Å². The summed E-state index contributed by atoms with van der Waals surface area (Å²) in [4.78, 5) is 12.2. The number of carbonyl (C=O) groups is 1. The van der Waals surface area contributed by atoms with Crippen molar-refractivity contribution < 1.29 is 19.4 Å². The van der Waals surface area contributed by atoms with Crippen LogP contribution in [0.2, 0.25) is 0 Å². The smallest absolute Gasteiger partial charge is 0.322 e. The van der Waals surface area contributed by atoms with Gasteiger partial charge in [-0.25, -0.2) is 0 Å². The number of nitrogens with one attached hydrogen (secondary N) is 1. The highest BCUT2D eigenvalue weighted by molar-refractivity contribution is 6.03. The molecule has 0 aliphatic carbocycles. The van der Waals surface area contributed by atoms with Gasteiger partial charge in [-0.2, -0.15) is 0 Å². The predicted octanol–water partition coefficient (Wildman–Crippen LogP) is 4.08. The van der Waals surface area contributed by atoms with Crippen LogP contribution >= 0.6 is 0 Å². The van der Waals surface area contributed by atoms with Crippen LogP contribution in [-0.4, -0.2) is 26.3 Å². The number of amides is 1. The Morgan fingerprint density at radius 1 is 1.04 bits per heavy atom. The summed E-state index contributed by atoms with van der Waals surface area (Å²) in [5.74, 6) is -0.347. The van der Waals surface area contributed by atoms with E-state index in [4.69, 9.17) is 4.42 Å². The molecule has 3 N–H and O–H groups in total. The van der Waals surface area contributed by atoms with Crippen molar-refractivity contribution in [2.75, 3.05) is 5.32 Å². The summed E-state index contributed by atoms with van der Waals surface area (Å²) < 4.78 is 5.57. The van der Waals surface area contributed by atoms with E-state index in [1.54, 1.807) is 0 Å². The van der Waals surface area contributed by atoms with Crippen LogP contribution in [0.25, 0.3) is 0 Å². The number of anilines is 1. The fourth-order valence-corrected chi connectivity index (χ4v) is 2.85. The molecule has 0 radical (unpaired) electrons. The van der Waals surface area contributed by atoms with Gasteiger partial charge in [0, 0.05) is 5.56 Å². The van der Waals surface area contributed by atoms with E-state index in [0.29, 0.717) is 11.8 Å². The number of nitrogens with zero attached hydrogens (tertiary/aromatic N) is 2. The van der Waals surface area contributed by atoms with Crippen molar-refractivity contribution >= 4 is 11.9 Å². The standard InChI is InChI=1S/C21H23N3O4/c1-12(2)10-14-4-6-15(7-5-14)13(3)20-23-24-21(28-20)22-19(27)16-8-9-17(25)18(26)11-16/h4-9,11-13,25-26H,10H2,1-3H3,(H,22,24,27). The SMILES string of the molecule is CC(C)Cc1ccc(C(C)c2nnc(NC(=O)c3ccc(O)c(O)c3)o2)cc1. The predicted molar refractivity (Wildman–Crippen MR) is 105 cm³/mol. The Bertz CT molecular complexity index is 964. The molecule has 1 atom stereocenters. The van der Waals surface area contributed by atoms with E-state index in [1.807, 2.05) is 19.1 Å². The number of aromatic nitrogens is 2. The second kappa shape index (κ2) is 8.12. The molecule has 1 amide bonds. The van der Waals surface area contributed by atoms with Crippen molar-refractivity contribution in [2.45, 2.75) is 33.1 Å². The quantitative estimate of drug-likeness (QED) is 0.555. The van der Waals surface area contributed by atoms with Gasteiger partial charge in [0.2, 0.25) is 5.89 Å². The Labute approximate surface area is 163 Å². The first-order valence-electron chi connectivity index (χ1n) is 9.09. The maximum absolute atomic E-state index is 12.2. The van der Waals surface area contributed by atoms with Crippen molar-refractivity contribution in [3.8, 4) is 11.5 Å². The maximum atomic E-state index is 12.2. The lowest BCUT2D eigenvalue weighted by Crippen LogP contribution is -2.11. The summed E-state index contributed by atoms with van der Waals surface area (Å²) in [6, 6.07) is 12.0. The summed E-state index contributed by atoms with van der Waals surface area (Å²) in [5, 5.41) is 29.2. The van der Waals surface area contributed by atoms with Gasteiger partial charge in [-0.1, -0.05) is 43.2 Å². The van der Waals surface area contributed by atoms with Crippen LogP contribution in [0.3, 0.4) is 0 Å². The Balaban J connectivity index is 1.69. The van der Waals surface area contributed by atoms with Gasteiger partial charge in [0.05, 0.1) is 5.92 Å². The minimum absolute atomic E-state index is 0.0316. The lowest BCUT2D eigenvalue weighted by molar-refractivity contribution is 0.102. The topological polar surface area (TPSA) is 108 Å². The Morgan fingerprint density at radius 2 is 1.75 bits per heavy atom. The summed E-state index contributed by atoms with van der Waals surface area (Å²) in [6.45, 7) is 6.32. The van der Waals surface area contributed by atoms with Crippen LogP contribution in [0.15, 0.2) is 46.9 Å². The van der Waals surface area contributed by atoms with Crippen molar-refractivity contribution in [1.29, 1.82) is 0 Å². The van der Waals surface area contributed by atoms with E-state index in [9.17, 15) is 15.0 Å². The molecule has 0 aliphatic rings.